The molecule has 3 heterocycles. The molecule has 0 bridgehead atoms. The topological polar surface area (TPSA) is 83.1 Å². The maximum absolute atomic E-state index is 9.89. The van der Waals surface area contributed by atoms with Crippen molar-refractivity contribution >= 4 is 17.3 Å². The quantitative estimate of drug-likeness (QED) is 0.670. The number of anilines is 3. The molecule has 1 aromatic carbocycles. The van der Waals surface area contributed by atoms with Gasteiger partial charge in [-0.3, -0.25) is 0 Å². The molecule has 0 atom stereocenters. The summed E-state index contributed by atoms with van der Waals surface area (Å²) in [4.78, 5) is 4.73. The number of benzene rings is 1. The number of aromatic nitrogens is 1. The number of rotatable bonds is 5. The highest BCUT2D eigenvalue weighted by molar-refractivity contribution is 5.70. The fourth-order valence-electron chi connectivity index (χ4n) is 3.37. The van der Waals surface area contributed by atoms with E-state index in [1.165, 1.54) is 0 Å². The van der Waals surface area contributed by atoms with E-state index < -0.39 is 0 Å². The Morgan fingerprint density at radius 3 is 2.64 bits per heavy atom. The second kappa shape index (κ2) is 7.37. The molecule has 4 rings (SSSR count). The normalized spacial score (nSPS) is 14.8. The molecule has 1 aliphatic rings. The number of pyridine rings is 1. The third kappa shape index (κ3) is 3.71. The Balaban J connectivity index is 1.76. The number of nitrogens with one attached hydrogen (secondary N) is 2. The van der Waals surface area contributed by atoms with Gasteiger partial charge in [-0.2, -0.15) is 5.26 Å². The van der Waals surface area contributed by atoms with Crippen molar-refractivity contribution in [1.29, 1.82) is 5.26 Å². The molecule has 28 heavy (non-hydrogen) atoms. The van der Waals surface area contributed by atoms with Crippen molar-refractivity contribution in [3.63, 3.8) is 0 Å². The fourth-order valence-corrected chi connectivity index (χ4v) is 3.37. The van der Waals surface area contributed by atoms with Crippen LogP contribution in [0.3, 0.4) is 0 Å². The van der Waals surface area contributed by atoms with Crippen molar-refractivity contribution in [3.8, 4) is 6.07 Å². The maximum Gasteiger partial charge on any atom is 0.151 e. The number of ether oxygens (including phenoxy) is 1. The minimum absolute atomic E-state index is 0.331. The minimum atomic E-state index is -0.331. The van der Waals surface area contributed by atoms with Crippen LogP contribution in [0.2, 0.25) is 0 Å². The van der Waals surface area contributed by atoms with Crippen molar-refractivity contribution in [1.82, 2.24) is 4.98 Å². The van der Waals surface area contributed by atoms with Gasteiger partial charge in [-0.05, 0) is 43.7 Å². The maximum atomic E-state index is 9.89. The van der Waals surface area contributed by atoms with Crippen LogP contribution in [0, 0.1) is 11.3 Å². The number of hydrogen-bond acceptors (Lipinski definition) is 6. The monoisotopic (exact) mass is 374 g/mol. The van der Waals surface area contributed by atoms with Gasteiger partial charge in [-0.15, -0.1) is 0 Å². The van der Waals surface area contributed by atoms with E-state index in [2.05, 4.69) is 16.7 Å². The molecule has 0 amide bonds. The number of furan rings is 1. The number of nitriles is 1. The third-order valence-corrected chi connectivity index (χ3v) is 4.78. The number of para-hydroxylation sites is 1. The molecule has 6 nitrogen and oxygen atoms in total. The summed E-state index contributed by atoms with van der Waals surface area (Å²) in [5.74, 6) is 2.07. The van der Waals surface area contributed by atoms with Crippen molar-refractivity contribution in [2.45, 2.75) is 39.0 Å². The number of hydrogen-bond donors (Lipinski definition) is 2. The van der Waals surface area contributed by atoms with Gasteiger partial charge in [0.2, 0.25) is 0 Å². The first kappa shape index (κ1) is 18.1. The molecule has 6 heteroatoms. The summed E-state index contributed by atoms with van der Waals surface area (Å²) in [6.45, 7) is 5.00. The van der Waals surface area contributed by atoms with E-state index in [-0.39, 0.29) is 5.60 Å². The lowest BCUT2D eigenvalue weighted by molar-refractivity contribution is -0.0399. The highest BCUT2D eigenvalue weighted by Gasteiger charge is 2.32. The van der Waals surface area contributed by atoms with Gasteiger partial charge in [-0.25, -0.2) is 4.98 Å². The predicted molar refractivity (Wildman–Crippen MR) is 107 cm³/mol. The smallest absolute Gasteiger partial charge is 0.151 e. The van der Waals surface area contributed by atoms with Crippen LogP contribution in [0.15, 0.2) is 53.1 Å². The Hall–Kier alpha value is -3.30. The molecule has 3 aromatic rings. The molecular weight excluding hydrogens is 352 g/mol. The molecule has 0 saturated carbocycles. The van der Waals surface area contributed by atoms with Gasteiger partial charge in [0.15, 0.2) is 5.82 Å². The van der Waals surface area contributed by atoms with E-state index in [0.29, 0.717) is 36.8 Å². The summed E-state index contributed by atoms with van der Waals surface area (Å²) in [5.41, 5.74) is 3.03. The zero-order chi connectivity index (χ0) is 19.6. The van der Waals surface area contributed by atoms with Crippen LogP contribution in [-0.4, -0.2) is 10.6 Å². The summed E-state index contributed by atoms with van der Waals surface area (Å²) >= 11 is 0. The Kier molecular flexibility index (Phi) is 4.76. The Labute approximate surface area is 164 Å². The first-order chi connectivity index (χ1) is 13.6. The first-order valence-corrected chi connectivity index (χ1v) is 9.24. The number of nitrogens with zero attached hydrogens (tertiary/aromatic N) is 2. The van der Waals surface area contributed by atoms with Gasteiger partial charge >= 0.3 is 0 Å². The lowest BCUT2D eigenvalue weighted by Gasteiger charge is -2.33. The fraction of sp³-hybridized carbons (Fsp3) is 0.273. The van der Waals surface area contributed by atoms with Gasteiger partial charge in [0.05, 0.1) is 30.6 Å². The van der Waals surface area contributed by atoms with Gasteiger partial charge in [0.25, 0.3) is 0 Å². The average Bonchev–Trinajstić information content (AvgIpc) is 3.20. The molecule has 2 aromatic heterocycles. The molecule has 1 aliphatic heterocycles. The van der Waals surface area contributed by atoms with Crippen LogP contribution in [0.4, 0.5) is 17.3 Å². The molecule has 0 unspecified atom stereocenters. The third-order valence-electron chi connectivity index (χ3n) is 4.78. The zero-order valence-corrected chi connectivity index (χ0v) is 16.0. The second-order valence-corrected chi connectivity index (χ2v) is 7.40. The van der Waals surface area contributed by atoms with E-state index in [1.54, 1.807) is 6.26 Å². The second-order valence-electron chi connectivity index (χ2n) is 7.40. The lowest BCUT2D eigenvalue weighted by atomic mass is 9.89. The van der Waals surface area contributed by atoms with Gasteiger partial charge in [0, 0.05) is 17.7 Å². The van der Waals surface area contributed by atoms with Crippen LogP contribution in [0.1, 0.15) is 36.3 Å². The van der Waals surface area contributed by atoms with Crippen molar-refractivity contribution in [2.24, 2.45) is 0 Å². The highest BCUT2D eigenvalue weighted by Crippen LogP contribution is 2.37. The van der Waals surface area contributed by atoms with Crippen molar-refractivity contribution < 1.29 is 9.15 Å². The zero-order valence-electron chi connectivity index (χ0n) is 16.0. The van der Waals surface area contributed by atoms with Crippen LogP contribution < -0.4 is 10.6 Å². The molecule has 0 aliphatic carbocycles. The minimum Gasteiger partial charge on any atom is -0.467 e. The summed E-state index contributed by atoms with van der Waals surface area (Å²) in [7, 11) is 0. The predicted octanol–water partition coefficient (Wildman–Crippen LogP) is 4.75. The number of fused-ring (bicyclic) bond motifs is 1. The molecule has 2 N–H and O–H groups in total. The van der Waals surface area contributed by atoms with E-state index in [4.69, 9.17) is 14.1 Å². The summed E-state index contributed by atoms with van der Waals surface area (Å²) in [6.07, 6.45) is 2.29. The van der Waals surface area contributed by atoms with Crippen LogP contribution >= 0.6 is 0 Å². The van der Waals surface area contributed by atoms with Crippen molar-refractivity contribution in [2.75, 3.05) is 10.6 Å². The van der Waals surface area contributed by atoms with Crippen LogP contribution in [0.5, 0.6) is 0 Å². The molecule has 0 fully saturated rings. The largest absolute Gasteiger partial charge is 0.467 e. The van der Waals surface area contributed by atoms with Crippen LogP contribution in [0.25, 0.3) is 0 Å². The average molecular weight is 374 g/mol. The van der Waals surface area contributed by atoms with Crippen LogP contribution in [-0.2, 0) is 24.3 Å². The highest BCUT2D eigenvalue weighted by atomic mass is 16.5. The van der Waals surface area contributed by atoms with Gasteiger partial charge < -0.3 is 19.8 Å². The standard InChI is InChI=1S/C22H22N4O2/c1-22(2)11-17-18(12-23)21(25-15-7-4-3-5-8-15)26-20(19(17)14-28-22)24-13-16-9-6-10-27-16/h3-10H,11,13-14H2,1-2H3,(H2,24,25,26). The Bertz CT molecular complexity index is 1010. The lowest BCUT2D eigenvalue weighted by Crippen LogP contribution is -2.33. The van der Waals surface area contributed by atoms with Crippen molar-refractivity contribution in [3.05, 3.63) is 71.2 Å². The molecule has 0 saturated heterocycles. The Morgan fingerprint density at radius 1 is 1.11 bits per heavy atom. The SMILES string of the molecule is CC1(C)Cc2c(C#N)c(Nc3ccccc3)nc(NCc3ccco3)c2CO1. The van der Waals surface area contributed by atoms with E-state index in [0.717, 1.165) is 22.6 Å². The summed E-state index contributed by atoms with van der Waals surface area (Å²) < 4.78 is 11.4. The first-order valence-electron chi connectivity index (χ1n) is 9.24. The van der Waals surface area contributed by atoms with E-state index >= 15 is 0 Å². The molecule has 142 valence electrons. The van der Waals surface area contributed by atoms with Gasteiger partial charge in [0.1, 0.15) is 17.6 Å². The summed E-state index contributed by atoms with van der Waals surface area (Å²) in [5, 5.41) is 16.5. The molecular formula is C22H22N4O2. The molecule has 0 spiro atoms. The molecule has 0 radical (unpaired) electrons. The van der Waals surface area contributed by atoms with E-state index in [9.17, 15) is 5.26 Å². The Morgan fingerprint density at radius 2 is 1.93 bits per heavy atom. The van der Waals surface area contributed by atoms with E-state index in [1.807, 2.05) is 56.3 Å². The van der Waals surface area contributed by atoms with Gasteiger partial charge in [-0.1, -0.05) is 18.2 Å². The summed E-state index contributed by atoms with van der Waals surface area (Å²) in [6, 6.07) is 15.9.